The highest BCUT2D eigenvalue weighted by Crippen LogP contribution is 2.25. The van der Waals surface area contributed by atoms with Gasteiger partial charge in [0.25, 0.3) is 5.56 Å². The van der Waals surface area contributed by atoms with Crippen molar-refractivity contribution in [2.45, 2.75) is 6.04 Å². The number of likely N-dealkylation sites (N-methyl/N-ethyl adjacent to an activating group) is 1. The molecule has 0 amide bonds. The Balaban J connectivity index is 1.89. The third-order valence-electron chi connectivity index (χ3n) is 4.44. The monoisotopic (exact) mass is 432 g/mol. The lowest BCUT2D eigenvalue weighted by atomic mass is 10.2. The number of rotatable bonds is 7. The number of carbonyl (C=O) groups is 1. The fourth-order valence-corrected chi connectivity index (χ4v) is 4.01. The van der Waals surface area contributed by atoms with Crippen LogP contribution < -0.4 is 10.9 Å². The molecule has 3 aromatic rings. The molecule has 0 saturated heterocycles. The van der Waals surface area contributed by atoms with E-state index in [1.54, 1.807) is 35.6 Å². The Labute approximate surface area is 177 Å². The predicted molar refractivity (Wildman–Crippen MR) is 115 cm³/mol. The largest absolute Gasteiger partial charge is 0.465 e. The summed E-state index contributed by atoms with van der Waals surface area (Å²) in [4.78, 5) is 28.1. The summed E-state index contributed by atoms with van der Waals surface area (Å²) in [5.41, 5.74) is 0.451. The molecule has 0 saturated carbocycles. The number of halogens is 1. The van der Waals surface area contributed by atoms with Gasteiger partial charge in [0.1, 0.15) is 5.02 Å². The zero-order valence-corrected chi connectivity index (χ0v) is 17.8. The summed E-state index contributed by atoms with van der Waals surface area (Å²) in [6.45, 7) is 0.553. The molecule has 0 aliphatic rings. The number of aromatic nitrogens is 2. The highest BCUT2D eigenvalue weighted by atomic mass is 35.5. The molecule has 2 heterocycles. The van der Waals surface area contributed by atoms with Crippen LogP contribution in [0.25, 0.3) is 5.69 Å². The smallest absolute Gasteiger partial charge is 0.340 e. The van der Waals surface area contributed by atoms with E-state index >= 15 is 0 Å². The normalized spacial score (nSPS) is 12.0. The molecule has 3 rings (SSSR count). The molecule has 9 heteroatoms. The third kappa shape index (κ3) is 4.50. The molecule has 0 aliphatic heterocycles. The lowest BCUT2D eigenvalue weighted by Crippen LogP contribution is -2.28. The van der Waals surface area contributed by atoms with Crippen molar-refractivity contribution >= 4 is 34.6 Å². The highest BCUT2D eigenvalue weighted by Gasteiger charge is 2.19. The van der Waals surface area contributed by atoms with E-state index in [9.17, 15) is 9.59 Å². The molecule has 0 unspecified atom stereocenters. The molecule has 0 aliphatic carbocycles. The van der Waals surface area contributed by atoms with E-state index in [4.69, 9.17) is 16.3 Å². The van der Waals surface area contributed by atoms with E-state index in [1.807, 2.05) is 25.5 Å². The minimum Gasteiger partial charge on any atom is -0.465 e. The molecule has 1 N–H and O–H groups in total. The summed E-state index contributed by atoms with van der Waals surface area (Å²) in [6.07, 6.45) is 1.49. The molecule has 0 spiro atoms. The SMILES string of the molecule is COC(=O)c1ccccc1-n1ncc(NC[C@H](c2cccs2)N(C)C)c(Cl)c1=O. The van der Waals surface area contributed by atoms with Crippen LogP contribution in [-0.2, 0) is 4.74 Å². The Morgan fingerprint density at radius 1 is 1.31 bits per heavy atom. The van der Waals surface area contributed by atoms with Crippen molar-refractivity contribution < 1.29 is 9.53 Å². The van der Waals surface area contributed by atoms with E-state index in [0.717, 1.165) is 4.68 Å². The van der Waals surface area contributed by atoms with Gasteiger partial charge in [-0.15, -0.1) is 11.3 Å². The molecule has 152 valence electrons. The average molecular weight is 433 g/mol. The number of carbonyl (C=O) groups excluding carboxylic acids is 1. The zero-order valence-electron chi connectivity index (χ0n) is 16.3. The first-order valence-corrected chi connectivity index (χ1v) is 10.1. The number of para-hydroxylation sites is 1. The van der Waals surface area contributed by atoms with Gasteiger partial charge in [0.15, 0.2) is 0 Å². The van der Waals surface area contributed by atoms with Crippen LogP contribution in [-0.4, -0.2) is 48.4 Å². The molecule has 0 radical (unpaired) electrons. The number of nitrogens with one attached hydrogen (secondary N) is 1. The van der Waals surface area contributed by atoms with Gasteiger partial charge >= 0.3 is 5.97 Å². The van der Waals surface area contributed by atoms with E-state index < -0.39 is 11.5 Å². The minimum absolute atomic E-state index is 0.00311. The van der Waals surface area contributed by atoms with E-state index in [0.29, 0.717) is 17.9 Å². The van der Waals surface area contributed by atoms with Gasteiger partial charge in [0.05, 0.1) is 36.3 Å². The second-order valence-electron chi connectivity index (χ2n) is 6.47. The van der Waals surface area contributed by atoms with Gasteiger partial charge in [-0.05, 0) is 37.7 Å². The quantitative estimate of drug-likeness (QED) is 0.576. The molecular weight excluding hydrogens is 412 g/mol. The van der Waals surface area contributed by atoms with Crippen molar-refractivity contribution in [3.63, 3.8) is 0 Å². The molecule has 1 atom stereocenters. The van der Waals surface area contributed by atoms with Gasteiger partial charge in [-0.25, -0.2) is 4.79 Å². The number of benzene rings is 1. The van der Waals surface area contributed by atoms with Crippen LogP contribution in [0.15, 0.2) is 52.8 Å². The zero-order chi connectivity index (χ0) is 21.0. The highest BCUT2D eigenvalue weighted by molar-refractivity contribution is 7.10. The lowest BCUT2D eigenvalue weighted by molar-refractivity contribution is 0.0600. The Morgan fingerprint density at radius 2 is 2.07 bits per heavy atom. The van der Waals surface area contributed by atoms with Gasteiger partial charge in [0.2, 0.25) is 0 Å². The summed E-state index contributed by atoms with van der Waals surface area (Å²) in [7, 11) is 5.27. The van der Waals surface area contributed by atoms with Crippen LogP contribution in [0.1, 0.15) is 21.3 Å². The second kappa shape index (κ2) is 9.21. The number of anilines is 1. The van der Waals surface area contributed by atoms with Crippen LogP contribution in [0.2, 0.25) is 5.02 Å². The van der Waals surface area contributed by atoms with Crippen LogP contribution >= 0.6 is 22.9 Å². The van der Waals surface area contributed by atoms with Gasteiger partial charge < -0.3 is 15.0 Å². The maximum Gasteiger partial charge on any atom is 0.340 e. The van der Waals surface area contributed by atoms with Gasteiger partial charge in [-0.1, -0.05) is 29.8 Å². The Hall–Kier alpha value is -2.68. The van der Waals surface area contributed by atoms with E-state index in [2.05, 4.69) is 21.4 Å². The first-order valence-electron chi connectivity index (χ1n) is 8.83. The fourth-order valence-electron chi connectivity index (χ4n) is 2.89. The van der Waals surface area contributed by atoms with Crippen LogP contribution in [0.5, 0.6) is 0 Å². The summed E-state index contributed by atoms with van der Waals surface area (Å²) in [6, 6.07) is 10.8. The Kier molecular flexibility index (Phi) is 6.68. The third-order valence-corrected chi connectivity index (χ3v) is 5.78. The number of hydrogen-bond acceptors (Lipinski definition) is 7. The maximum atomic E-state index is 12.8. The van der Waals surface area contributed by atoms with Crippen molar-refractivity contribution in [2.75, 3.05) is 33.1 Å². The number of methoxy groups -OCH3 is 1. The molecule has 0 bridgehead atoms. The van der Waals surface area contributed by atoms with E-state index in [1.165, 1.54) is 18.2 Å². The van der Waals surface area contributed by atoms with Gasteiger partial charge in [-0.3, -0.25) is 4.79 Å². The van der Waals surface area contributed by atoms with Crippen molar-refractivity contribution in [2.24, 2.45) is 0 Å². The Bertz CT molecular complexity index is 1050. The lowest BCUT2D eigenvalue weighted by Gasteiger charge is -2.24. The molecule has 1 aromatic carbocycles. The summed E-state index contributed by atoms with van der Waals surface area (Å²) in [5, 5.41) is 9.46. The average Bonchev–Trinajstić information content (AvgIpc) is 3.25. The maximum absolute atomic E-state index is 12.8. The standard InChI is InChI=1S/C20H21ClN4O3S/c1-24(2)16(17-9-6-10-29-17)12-22-14-11-23-25(19(26)18(14)21)15-8-5-4-7-13(15)20(27)28-3/h4-11,16,22H,12H2,1-3H3/t16-/m1/s1. The first kappa shape index (κ1) is 21.0. The summed E-state index contributed by atoms with van der Waals surface area (Å²) < 4.78 is 5.88. The van der Waals surface area contributed by atoms with Crippen molar-refractivity contribution in [1.29, 1.82) is 0 Å². The molecule has 29 heavy (non-hydrogen) atoms. The Morgan fingerprint density at radius 3 is 2.72 bits per heavy atom. The first-order chi connectivity index (χ1) is 13.9. The predicted octanol–water partition coefficient (Wildman–Crippen LogP) is 3.45. The summed E-state index contributed by atoms with van der Waals surface area (Å²) in [5.74, 6) is -0.558. The molecular formula is C20H21ClN4O3S. The topological polar surface area (TPSA) is 76.5 Å². The molecule has 0 fully saturated rings. The molecule has 2 aromatic heterocycles. The number of ether oxygens (including phenoxy) is 1. The van der Waals surface area contributed by atoms with Crippen molar-refractivity contribution in [1.82, 2.24) is 14.7 Å². The van der Waals surface area contributed by atoms with E-state index in [-0.39, 0.29) is 16.6 Å². The number of esters is 1. The van der Waals surface area contributed by atoms with Crippen molar-refractivity contribution in [3.05, 3.63) is 73.8 Å². The second-order valence-corrected chi connectivity index (χ2v) is 7.83. The van der Waals surface area contributed by atoms with Crippen LogP contribution in [0.4, 0.5) is 5.69 Å². The molecule has 7 nitrogen and oxygen atoms in total. The number of thiophene rings is 1. The van der Waals surface area contributed by atoms with Crippen LogP contribution in [0, 0.1) is 0 Å². The fraction of sp³-hybridized carbons (Fsp3) is 0.250. The van der Waals surface area contributed by atoms with Crippen LogP contribution in [0.3, 0.4) is 0 Å². The van der Waals surface area contributed by atoms with Gasteiger partial charge in [-0.2, -0.15) is 9.78 Å². The number of nitrogens with zero attached hydrogens (tertiary/aromatic N) is 3. The number of hydrogen-bond donors (Lipinski definition) is 1. The van der Waals surface area contributed by atoms with Gasteiger partial charge in [0, 0.05) is 11.4 Å². The van der Waals surface area contributed by atoms with Crippen molar-refractivity contribution in [3.8, 4) is 5.69 Å². The minimum atomic E-state index is -0.558. The summed E-state index contributed by atoms with van der Waals surface area (Å²) >= 11 is 8.01.